The number of aliphatic hydroxyl groups excluding tert-OH is 1. The first-order valence-corrected chi connectivity index (χ1v) is 8.36. The molecule has 0 radical (unpaired) electrons. The molecule has 0 amide bonds. The van der Waals surface area contributed by atoms with Gasteiger partial charge in [0.25, 0.3) is 0 Å². The van der Waals surface area contributed by atoms with Crippen molar-refractivity contribution in [3.63, 3.8) is 0 Å². The third-order valence-corrected chi connectivity index (χ3v) is 4.59. The number of esters is 1. The molecule has 0 atom stereocenters. The smallest absolute Gasteiger partial charge is 0.344 e. The lowest BCUT2D eigenvalue weighted by Gasteiger charge is -2.02. The van der Waals surface area contributed by atoms with E-state index in [1.54, 1.807) is 24.3 Å². The second kappa shape index (κ2) is 7.45. The Balaban J connectivity index is 2.08. The van der Waals surface area contributed by atoms with Crippen LogP contribution in [0.5, 0.6) is 5.75 Å². The van der Waals surface area contributed by atoms with Crippen LogP contribution in [0, 0.1) is 5.82 Å². The van der Waals surface area contributed by atoms with Gasteiger partial charge in [0.2, 0.25) is 0 Å². The first-order chi connectivity index (χ1) is 12.5. The van der Waals surface area contributed by atoms with Crippen molar-refractivity contribution in [3.8, 4) is 5.75 Å². The molecular formula is C19H14FNO4S. The zero-order valence-corrected chi connectivity index (χ0v) is 14.5. The van der Waals surface area contributed by atoms with E-state index in [0.717, 1.165) is 17.8 Å². The van der Waals surface area contributed by atoms with E-state index in [0.29, 0.717) is 5.69 Å². The molecule has 1 heterocycles. The highest BCUT2D eigenvalue weighted by atomic mass is 32.2. The number of phenols is 1. The van der Waals surface area contributed by atoms with E-state index in [-0.39, 0.29) is 26.8 Å². The molecule has 0 bridgehead atoms. The third kappa shape index (κ3) is 3.48. The Morgan fingerprint density at radius 1 is 1.15 bits per heavy atom. The van der Waals surface area contributed by atoms with Crippen LogP contribution in [0.2, 0.25) is 0 Å². The Morgan fingerprint density at radius 2 is 1.88 bits per heavy atom. The molecule has 0 aliphatic carbocycles. The van der Waals surface area contributed by atoms with Crippen molar-refractivity contribution < 1.29 is 24.1 Å². The molecule has 0 unspecified atom stereocenters. The molecule has 7 heteroatoms. The second-order valence-electron chi connectivity index (χ2n) is 5.26. The molecule has 1 aliphatic heterocycles. The summed E-state index contributed by atoms with van der Waals surface area (Å²) in [6.45, 7) is 0. The summed E-state index contributed by atoms with van der Waals surface area (Å²) in [5.41, 5.74) is 0.687. The van der Waals surface area contributed by atoms with E-state index in [1.807, 2.05) is 6.07 Å². The average Bonchev–Trinajstić information content (AvgIpc) is 2.94. The number of para-hydroxylation sites is 2. The minimum atomic E-state index is -0.780. The summed E-state index contributed by atoms with van der Waals surface area (Å²) < 4.78 is 18.2. The molecular weight excluding hydrogens is 357 g/mol. The Labute approximate surface area is 153 Å². The molecule has 0 aromatic heterocycles. The fourth-order valence-corrected chi connectivity index (χ4v) is 3.33. The number of methoxy groups -OCH3 is 1. The molecule has 2 aromatic rings. The van der Waals surface area contributed by atoms with Crippen molar-refractivity contribution in [2.24, 2.45) is 4.99 Å². The van der Waals surface area contributed by atoms with Gasteiger partial charge < -0.3 is 14.9 Å². The van der Waals surface area contributed by atoms with Crippen LogP contribution >= 0.6 is 11.8 Å². The number of halogens is 1. The molecule has 2 N–H and O–H groups in total. The van der Waals surface area contributed by atoms with Gasteiger partial charge in [-0.2, -0.15) is 0 Å². The lowest BCUT2D eigenvalue weighted by molar-refractivity contribution is -0.135. The van der Waals surface area contributed by atoms with E-state index in [2.05, 4.69) is 4.99 Å². The number of ether oxygens (including phenoxy) is 1. The minimum absolute atomic E-state index is 0.0801. The van der Waals surface area contributed by atoms with Gasteiger partial charge in [-0.25, -0.2) is 14.2 Å². The van der Waals surface area contributed by atoms with E-state index in [9.17, 15) is 19.4 Å². The first-order valence-electron chi connectivity index (χ1n) is 7.54. The van der Waals surface area contributed by atoms with Crippen LogP contribution in [0.15, 0.2) is 69.8 Å². The van der Waals surface area contributed by atoms with Crippen molar-refractivity contribution in [2.75, 3.05) is 7.11 Å². The molecule has 5 nitrogen and oxygen atoms in total. The maximum atomic E-state index is 13.5. The van der Waals surface area contributed by atoms with E-state index in [1.165, 1.54) is 25.3 Å². The van der Waals surface area contributed by atoms with Gasteiger partial charge in [0.15, 0.2) is 11.6 Å². The van der Waals surface area contributed by atoms with Gasteiger partial charge in [-0.3, -0.25) is 0 Å². The van der Waals surface area contributed by atoms with Gasteiger partial charge in [0.05, 0.1) is 17.7 Å². The number of nitrogens with zero attached hydrogens (tertiary/aromatic N) is 1. The molecule has 0 saturated heterocycles. The Kier molecular flexibility index (Phi) is 5.09. The quantitative estimate of drug-likeness (QED) is 0.785. The van der Waals surface area contributed by atoms with E-state index >= 15 is 0 Å². The summed E-state index contributed by atoms with van der Waals surface area (Å²) in [4.78, 5) is 16.7. The summed E-state index contributed by atoms with van der Waals surface area (Å²) in [5, 5.41) is 20.5. The fraction of sp³-hybridized carbons (Fsp3) is 0.0526. The van der Waals surface area contributed by atoms with Gasteiger partial charge in [-0.15, -0.1) is 0 Å². The van der Waals surface area contributed by atoms with Crippen LogP contribution in [0.1, 0.15) is 5.56 Å². The fourth-order valence-electron chi connectivity index (χ4n) is 2.30. The maximum Gasteiger partial charge on any atom is 0.344 e. The number of rotatable bonds is 3. The predicted molar refractivity (Wildman–Crippen MR) is 98.8 cm³/mol. The van der Waals surface area contributed by atoms with Crippen molar-refractivity contribution in [1.29, 1.82) is 0 Å². The van der Waals surface area contributed by atoms with Crippen LogP contribution in [0.3, 0.4) is 0 Å². The van der Waals surface area contributed by atoms with Crippen molar-refractivity contribution in [2.45, 2.75) is 0 Å². The van der Waals surface area contributed by atoms with Crippen LogP contribution in [0.4, 0.5) is 10.1 Å². The molecule has 3 rings (SSSR count). The van der Waals surface area contributed by atoms with Gasteiger partial charge in [0.1, 0.15) is 16.4 Å². The van der Waals surface area contributed by atoms with Gasteiger partial charge in [-0.1, -0.05) is 42.1 Å². The van der Waals surface area contributed by atoms with Crippen molar-refractivity contribution in [3.05, 3.63) is 76.1 Å². The minimum Gasteiger partial charge on any atom is -0.506 e. The Morgan fingerprint density at radius 3 is 2.58 bits per heavy atom. The van der Waals surface area contributed by atoms with Crippen LogP contribution < -0.4 is 0 Å². The van der Waals surface area contributed by atoms with Gasteiger partial charge >= 0.3 is 5.97 Å². The number of aromatic hydroxyl groups is 1. The normalized spacial score (nSPS) is 17.2. The SMILES string of the molecule is COC(=O)C1=C(O)/C(=C\c2cccc(F)c2O)SC1=Nc1ccccc1. The summed E-state index contributed by atoms with van der Waals surface area (Å²) in [5.74, 6) is -2.39. The highest BCUT2D eigenvalue weighted by molar-refractivity contribution is 8.18. The lowest BCUT2D eigenvalue weighted by atomic mass is 10.1. The number of aliphatic imine (C=N–C) groups is 1. The number of hydrogen-bond acceptors (Lipinski definition) is 6. The monoisotopic (exact) mass is 371 g/mol. The first kappa shape index (κ1) is 17.8. The van der Waals surface area contributed by atoms with Crippen LogP contribution in [-0.2, 0) is 9.53 Å². The zero-order valence-electron chi connectivity index (χ0n) is 13.6. The summed E-state index contributed by atoms with van der Waals surface area (Å²) in [6, 6.07) is 13.0. The number of phenolic OH excluding ortho intramolecular Hbond substituents is 1. The highest BCUT2D eigenvalue weighted by Gasteiger charge is 2.33. The summed E-state index contributed by atoms with van der Waals surface area (Å²) in [7, 11) is 1.20. The zero-order chi connectivity index (χ0) is 18.7. The number of carbonyl (C=O) groups excluding carboxylic acids is 1. The van der Waals surface area contributed by atoms with Crippen molar-refractivity contribution >= 4 is 34.5 Å². The average molecular weight is 371 g/mol. The lowest BCUT2D eigenvalue weighted by Crippen LogP contribution is -2.10. The molecule has 132 valence electrons. The van der Waals surface area contributed by atoms with Gasteiger partial charge in [0, 0.05) is 5.56 Å². The van der Waals surface area contributed by atoms with Crippen LogP contribution in [-0.4, -0.2) is 28.3 Å². The predicted octanol–water partition coefficient (Wildman–Crippen LogP) is 4.33. The molecule has 0 spiro atoms. The second-order valence-corrected chi connectivity index (χ2v) is 6.29. The number of carbonyl (C=O) groups is 1. The highest BCUT2D eigenvalue weighted by Crippen LogP contribution is 2.41. The largest absolute Gasteiger partial charge is 0.506 e. The molecule has 2 aromatic carbocycles. The van der Waals surface area contributed by atoms with E-state index in [4.69, 9.17) is 4.74 Å². The standard InChI is InChI=1S/C19H14FNO4S/c1-25-19(24)15-17(23)14(10-11-6-5-9-13(20)16(11)22)26-18(15)21-12-7-3-2-4-8-12/h2-10,22-23H,1H3/b14-10+,21-18?. The number of hydrogen-bond donors (Lipinski definition) is 2. The topological polar surface area (TPSA) is 79.1 Å². The summed E-state index contributed by atoms with van der Waals surface area (Å²) >= 11 is 1.03. The van der Waals surface area contributed by atoms with Crippen molar-refractivity contribution in [1.82, 2.24) is 0 Å². The van der Waals surface area contributed by atoms with E-state index < -0.39 is 17.5 Å². The number of benzene rings is 2. The Hall–Kier alpha value is -3.06. The molecule has 0 fully saturated rings. The number of aliphatic hydroxyl groups is 1. The molecule has 26 heavy (non-hydrogen) atoms. The van der Waals surface area contributed by atoms with Crippen LogP contribution in [0.25, 0.3) is 6.08 Å². The third-order valence-electron chi connectivity index (χ3n) is 3.57. The Bertz CT molecular complexity index is 951. The molecule has 1 aliphatic rings. The molecule has 0 saturated carbocycles. The van der Waals surface area contributed by atoms with Gasteiger partial charge in [-0.05, 0) is 24.3 Å². The maximum absolute atomic E-state index is 13.5. The summed E-state index contributed by atoms with van der Waals surface area (Å²) in [6.07, 6.45) is 1.38. The number of thioether (sulfide) groups is 1.